The van der Waals surface area contributed by atoms with Crippen molar-refractivity contribution in [3.63, 3.8) is 0 Å². The number of nitrogens with zero attached hydrogens (tertiary/aromatic N) is 3. The van der Waals surface area contributed by atoms with Crippen molar-refractivity contribution < 1.29 is 19.1 Å². The molecule has 0 radical (unpaired) electrons. The van der Waals surface area contributed by atoms with E-state index in [0.29, 0.717) is 37.1 Å². The molecule has 2 amide bonds. The van der Waals surface area contributed by atoms with Crippen molar-refractivity contribution in [3.05, 3.63) is 58.7 Å². The number of rotatable bonds is 6. The summed E-state index contributed by atoms with van der Waals surface area (Å²) in [6.07, 6.45) is 7.29. The molecule has 2 atom stereocenters. The molecule has 1 saturated heterocycles. The van der Waals surface area contributed by atoms with Gasteiger partial charge in [-0.25, -0.2) is 0 Å². The molecule has 3 aliphatic heterocycles. The van der Waals surface area contributed by atoms with Gasteiger partial charge in [0.1, 0.15) is 0 Å². The summed E-state index contributed by atoms with van der Waals surface area (Å²) in [5, 5.41) is 0. The predicted octanol–water partition coefficient (Wildman–Crippen LogP) is 4.80. The van der Waals surface area contributed by atoms with Crippen LogP contribution in [0.4, 0.5) is 0 Å². The van der Waals surface area contributed by atoms with Crippen LogP contribution in [0.3, 0.4) is 0 Å². The van der Waals surface area contributed by atoms with Gasteiger partial charge in [0.2, 0.25) is 5.91 Å². The van der Waals surface area contributed by atoms with Gasteiger partial charge in [0.25, 0.3) is 5.91 Å². The number of carbonyl (C=O) groups is 2. The number of amides is 2. The van der Waals surface area contributed by atoms with E-state index in [1.807, 2.05) is 49.1 Å². The fourth-order valence-electron chi connectivity index (χ4n) is 7.29. The molecule has 7 heteroatoms. The molecule has 1 aliphatic carbocycles. The fraction of sp³-hybridized carbons (Fsp3) is 0.562. The van der Waals surface area contributed by atoms with Gasteiger partial charge in [-0.3, -0.25) is 14.5 Å². The minimum Gasteiger partial charge on any atom is -0.490 e. The fourth-order valence-corrected chi connectivity index (χ4v) is 7.29. The van der Waals surface area contributed by atoms with Crippen LogP contribution in [0, 0.1) is 0 Å². The lowest BCUT2D eigenvalue weighted by molar-refractivity contribution is -0.137. The molecule has 39 heavy (non-hydrogen) atoms. The molecule has 6 rings (SSSR count). The van der Waals surface area contributed by atoms with Crippen LogP contribution in [0.2, 0.25) is 0 Å². The van der Waals surface area contributed by atoms with E-state index in [9.17, 15) is 9.59 Å². The Balaban J connectivity index is 1.35. The first-order valence-electron chi connectivity index (χ1n) is 15.0. The van der Waals surface area contributed by atoms with Gasteiger partial charge in [-0.2, -0.15) is 0 Å². The van der Waals surface area contributed by atoms with Gasteiger partial charge in [0.05, 0.1) is 25.2 Å². The maximum Gasteiger partial charge on any atom is 0.254 e. The Kier molecular flexibility index (Phi) is 7.52. The predicted molar refractivity (Wildman–Crippen MR) is 150 cm³/mol. The maximum atomic E-state index is 14.5. The second kappa shape index (κ2) is 11.2. The topological polar surface area (TPSA) is 62.3 Å². The molecule has 2 aromatic carbocycles. The van der Waals surface area contributed by atoms with Crippen LogP contribution in [0.25, 0.3) is 0 Å². The monoisotopic (exact) mass is 531 g/mol. The summed E-state index contributed by atoms with van der Waals surface area (Å²) in [5.41, 5.74) is 3.65. The lowest BCUT2D eigenvalue weighted by atomic mass is 9.75. The van der Waals surface area contributed by atoms with E-state index in [0.717, 1.165) is 55.0 Å². The van der Waals surface area contributed by atoms with Gasteiger partial charge in [0, 0.05) is 44.3 Å². The molecule has 4 aliphatic rings. The number of carbonyl (C=O) groups excluding carboxylic acids is 2. The molecule has 208 valence electrons. The van der Waals surface area contributed by atoms with Gasteiger partial charge in [-0.1, -0.05) is 37.5 Å². The van der Waals surface area contributed by atoms with E-state index in [4.69, 9.17) is 9.47 Å². The molecule has 2 aromatic rings. The Hall–Kier alpha value is -3.06. The Morgan fingerprint density at radius 2 is 1.56 bits per heavy atom. The van der Waals surface area contributed by atoms with Crippen molar-refractivity contribution in [2.75, 3.05) is 45.9 Å². The lowest BCUT2D eigenvalue weighted by Gasteiger charge is -2.47. The Morgan fingerprint density at radius 1 is 0.872 bits per heavy atom. The third-order valence-electron chi connectivity index (χ3n) is 9.17. The Bertz CT molecular complexity index is 1220. The van der Waals surface area contributed by atoms with Crippen molar-refractivity contribution >= 4 is 11.8 Å². The molecular weight excluding hydrogens is 490 g/mol. The molecule has 1 saturated carbocycles. The van der Waals surface area contributed by atoms with E-state index >= 15 is 0 Å². The van der Waals surface area contributed by atoms with Gasteiger partial charge in [-0.05, 0) is 68.0 Å². The standard InChI is InChI=1S/C32H41N3O4/c1-3-38-27-20-22-14-15-35-30(26(22)21-28(27)39-4-2)29(24-12-8-9-13-25(24)31(35)36)32(37)34-18-16-33(17-19-34)23-10-6-5-7-11-23/h8-9,12-13,20-21,23,29-30H,3-7,10-11,14-19H2,1-2H3. The molecule has 2 fully saturated rings. The summed E-state index contributed by atoms with van der Waals surface area (Å²) in [5.74, 6) is 1.12. The van der Waals surface area contributed by atoms with Crippen molar-refractivity contribution in [3.8, 4) is 11.5 Å². The molecule has 3 heterocycles. The normalized spacial score (nSPS) is 23.6. The third kappa shape index (κ3) is 4.79. The summed E-state index contributed by atoms with van der Waals surface area (Å²) in [4.78, 5) is 34.8. The highest BCUT2D eigenvalue weighted by Crippen LogP contribution is 2.49. The van der Waals surface area contributed by atoms with E-state index in [-0.39, 0.29) is 17.9 Å². The van der Waals surface area contributed by atoms with Gasteiger partial charge in [-0.15, -0.1) is 0 Å². The molecule has 0 spiro atoms. The minimum atomic E-state index is -0.438. The van der Waals surface area contributed by atoms with E-state index in [1.165, 1.54) is 32.1 Å². The van der Waals surface area contributed by atoms with Crippen molar-refractivity contribution in [1.29, 1.82) is 0 Å². The van der Waals surface area contributed by atoms with Crippen LogP contribution < -0.4 is 9.47 Å². The summed E-state index contributed by atoms with van der Waals surface area (Å²) >= 11 is 0. The van der Waals surface area contributed by atoms with Crippen LogP contribution >= 0.6 is 0 Å². The highest BCUT2D eigenvalue weighted by atomic mass is 16.5. The quantitative estimate of drug-likeness (QED) is 0.536. The first-order valence-corrected chi connectivity index (χ1v) is 15.0. The number of fused-ring (bicyclic) bond motifs is 4. The summed E-state index contributed by atoms with van der Waals surface area (Å²) < 4.78 is 11.9. The van der Waals surface area contributed by atoms with Gasteiger partial charge < -0.3 is 19.3 Å². The molecule has 0 bridgehead atoms. The van der Waals surface area contributed by atoms with Crippen molar-refractivity contribution in [2.24, 2.45) is 0 Å². The molecule has 2 unspecified atom stereocenters. The lowest BCUT2D eigenvalue weighted by Crippen LogP contribution is -2.56. The smallest absolute Gasteiger partial charge is 0.254 e. The average Bonchev–Trinajstić information content (AvgIpc) is 2.98. The maximum absolute atomic E-state index is 14.5. The van der Waals surface area contributed by atoms with Crippen LogP contribution in [0.1, 0.15) is 85.0 Å². The largest absolute Gasteiger partial charge is 0.490 e. The van der Waals surface area contributed by atoms with E-state index in [2.05, 4.69) is 15.9 Å². The van der Waals surface area contributed by atoms with Crippen LogP contribution in [-0.2, 0) is 11.2 Å². The molecular formula is C32H41N3O4. The van der Waals surface area contributed by atoms with Crippen LogP contribution in [0.15, 0.2) is 36.4 Å². The van der Waals surface area contributed by atoms with E-state index in [1.54, 1.807) is 0 Å². The number of ether oxygens (including phenoxy) is 2. The average molecular weight is 532 g/mol. The number of benzene rings is 2. The number of hydrogen-bond donors (Lipinski definition) is 0. The third-order valence-corrected chi connectivity index (χ3v) is 9.17. The summed E-state index contributed by atoms with van der Waals surface area (Å²) in [6.45, 7) is 8.93. The Morgan fingerprint density at radius 3 is 2.28 bits per heavy atom. The van der Waals surface area contributed by atoms with Crippen LogP contribution in [0.5, 0.6) is 11.5 Å². The zero-order valence-electron chi connectivity index (χ0n) is 23.4. The summed E-state index contributed by atoms with van der Waals surface area (Å²) in [6, 6.07) is 12.1. The first kappa shape index (κ1) is 26.2. The number of piperazine rings is 1. The molecule has 0 aromatic heterocycles. The second-order valence-corrected chi connectivity index (χ2v) is 11.3. The second-order valence-electron chi connectivity index (χ2n) is 11.3. The van der Waals surface area contributed by atoms with Crippen molar-refractivity contribution in [2.45, 2.75) is 70.4 Å². The Labute approximate surface area is 232 Å². The molecule has 0 N–H and O–H groups in total. The SMILES string of the molecule is CCOc1cc2c(cc1OCC)C1C(C(=O)N3CCN(C4CCCCC4)CC3)c3ccccc3C(=O)N1CC2. The minimum absolute atomic E-state index is 0.0132. The highest BCUT2D eigenvalue weighted by Gasteiger charge is 2.48. The van der Waals surface area contributed by atoms with Gasteiger partial charge >= 0.3 is 0 Å². The van der Waals surface area contributed by atoms with E-state index < -0.39 is 5.92 Å². The highest BCUT2D eigenvalue weighted by molar-refractivity contribution is 6.01. The number of hydrogen-bond acceptors (Lipinski definition) is 5. The van der Waals surface area contributed by atoms with Gasteiger partial charge in [0.15, 0.2) is 11.5 Å². The van der Waals surface area contributed by atoms with Crippen LogP contribution in [-0.4, -0.2) is 78.5 Å². The zero-order chi connectivity index (χ0) is 26.9. The zero-order valence-corrected chi connectivity index (χ0v) is 23.4. The molecule has 7 nitrogen and oxygen atoms in total. The summed E-state index contributed by atoms with van der Waals surface area (Å²) in [7, 11) is 0. The first-order chi connectivity index (χ1) is 19.1. The van der Waals surface area contributed by atoms with Crippen molar-refractivity contribution in [1.82, 2.24) is 14.7 Å².